The molecule has 0 aliphatic heterocycles. The zero-order valence-corrected chi connectivity index (χ0v) is 16.7. The van der Waals surface area contributed by atoms with Crippen molar-refractivity contribution < 1.29 is 4.79 Å². The zero-order valence-electron chi connectivity index (χ0n) is 15.9. The molecular formula is C22H24N2O2S. The Balaban J connectivity index is 1.86. The first-order valence-electron chi connectivity index (χ1n) is 9.71. The maximum atomic E-state index is 13.3. The quantitative estimate of drug-likeness (QED) is 0.653. The molecule has 0 saturated carbocycles. The zero-order chi connectivity index (χ0) is 19.0. The minimum Gasteiger partial charge on any atom is -0.300 e. The van der Waals surface area contributed by atoms with Gasteiger partial charge in [0.1, 0.15) is 16.4 Å². The van der Waals surface area contributed by atoms with Crippen LogP contribution < -0.4 is 5.56 Å². The molecule has 4 rings (SSSR count). The van der Waals surface area contributed by atoms with Crippen molar-refractivity contribution in [2.24, 2.45) is 0 Å². The molecule has 0 unspecified atom stereocenters. The van der Waals surface area contributed by atoms with Gasteiger partial charge < -0.3 is 0 Å². The van der Waals surface area contributed by atoms with Crippen LogP contribution in [0.5, 0.6) is 0 Å². The highest BCUT2D eigenvalue weighted by molar-refractivity contribution is 7.17. The van der Waals surface area contributed by atoms with Crippen LogP contribution in [0.15, 0.2) is 28.4 Å². The molecule has 5 heteroatoms. The maximum absolute atomic E-state index is 13.3. The van der Waals surface area contributed by atoms with Gasteiger partial charge >= 0.3 is 0 Å². The smallest absolute Gasteiger partial charge is 0.262 e. The van der Waals surface area contributed by atoms with E-state index in [-0.39, 0.29) is 11.3 Å². The molecular weight excluding hydrogens is 356 g/mol. The molecule has 0 spiro atoms. The second kappa shape index (κ2) is 7.39. The minimum atomic E-state index is -0.0212. The molecule has 0 atom stereocenters. The highest BCUT2D eigenvalue weighted by Crippen LogP contribution is 2.33. The summed E-state index contributed by atoms with van der Waals surface area (Å²) in [5, 5.41) is 2.75. The highest BCUT2D eigenvalue weighted by Gasteiger charge is 2.18. The van der Waals surface area contributed by atoms with Gasteiger partial charge in [-0.25, -0.2) is 4.98 Å². The molecule has 0 amide bonds. The second-order valence-electron chi connectivity index (χ2n) is 7.31. The Labute approximate surface area is 162 Å². The van der Waals surface area contributed by atoms with Crippen molar-refractivity contribution in [2.75, 3.05) is 0 Å². The van der Waals surface area contributed by atoms with Gasteiger partial charge in [-0.3, -0.25) is 14.2 Å². The fourth-order valence-corrected chi connectivity index (χ4v) is 4.91. The second-order valence-corrected chi connectivity index (χ2v) is 8.17. The Hall–Kier alpha value is -2.27. The van der Waals surface area contributed by atoms with Crippen LogP contribution in [-0.4, -0.2) is 15.3 Å². The Morgan fingerprint density at radius 3 is 2.74 bits per heavy atom. The molecule has 0 N–H and O–H groups in total. The number of nitrogens with zero attached hydrogens (tertiary/aromatic N) is 2. The molecule has 0 fully saturated rings. The summed E-state index contributed by atoms with van der Waals surface area (Å²) in [6, 6.07) is 6.61. The Morgan fingerprint density at radius 2 is 2.00 bits per heavy atom. The summed E-state index contributed by atoms with van der Waals surface area (Å²) >= 11 is 1.53. The molecule has 4 nitrogen and oxygen atoms in total. The minimum absolute atomic E-state index is 0.0212. The lowest BCUT2D eigenvalue weighted by atomic mass is 9.89. The van der Waals surface area contributed by atoms with Crippen molar-refractivity contribution in [1.82, 2.24) is 9.55 Å². The normalized spacial score (nSPS) is 13.7. The van der Waals surface area contributed by atoms with E-state index in [4.69, 9.17) is 4.98 Å². The van der Waals surface area contributed by atoms with Crippen molar-refractivity contribution in [3.8, 4) is 11.1 Å². The molecule has 1 aromatic carbocycles. The van der Waals surface area contributed by atoms with Crippen molar-refractivity contribution in [1.29, 1.82) is 0 Å². The van der Waals surface area contributed by atoms with E-state index in [0.29, 0.717) is 24.8 Å². The third-order valence-electron chi connectivity index (χ3n) is 5.44. The van der Waals surface area contributed by atoms with E-state index in [1.165, 1.54) is 35.3 Å². The van der Waals surface area contributed by atoms with Crippen molar-refractivity contribution in [2.45, 2.75) is 58.9 Å². The largest absolute Gasteiger partial charge is 0.300 e. The summed E-state index contributed by atoms with van der Waals surface area (Å²) in [6.07, 6.45) is 5.80. The van der Waals surface area contributed by atoms with Gasteiger partial charge in [-0.2, -0.15) is 0 Å². The van der Waals surface area contributed by atoms with E-state index < -0.39 is 0 Å². The lowest BCUT2D eigenvalue weighted by Crippen LogP contribution is -2.25. The first-order chi connectivity index (χ1) is 13.1. The van der Waals surface area contributed by atoms with Gasteiger partial charge in [0.15, 0.2) is 0 Å². The SMILES string of the molecule is CCc1nc2scc(-c3ccc4c(c3)CCCC4)c2c(=O)n1CCC(C)=O. The van der Waals surface area contributed by atoms with Crippen LogP contribution in [-0.2, 0) is 30.6 Å². The molecule has 2 heterocycles. The molecule has 140 valence electrons. The number of carbonyl (C=O) groups excluding carboxylic acids is 1. The fourth-order valence-electron chi connectivity index (χ4n) is 3.95. The van der Waals surface area contributed by atoms with Crippen LogP contribution in [0, 0.1) is 0 Å². The average Bonchev–Trinajstić information content (AvgIpc) is 3.10. The number of benzene rings is 1. The lowest BCUT2D eigenvalue weighted by Gasteiger charge is -2.16. The van der Waals surface area contributed by atoms with Crippen LogP contribution in [0.25, 0.3) is 21.3 Å². The molecule has 2 aromatic heterocycles. The number of thiophene rings is 1. The lowest BCUT2D eigenvalue weighted by molar-refractivity contribution is -0.117. The molecule has 0 radical (unpaired) electrons. The number of fused-ring (bicyclic) bond motifs is 2. The van der Waals surface area contributed by atoms with Crippen LogP contribution in [0.4, 0.5) is 0 Å². The predicted octanol–water partition coefficient (Wildman–Crippen LogP) is 4.55. The van der Waals surface area contributed by atoms with Gasteiger partial charge in [-0.15, -0.1) is 11.3 Å². The van der Waals surface area contributed by atoms with Gasteiger partial charge in [0.2, 0.25) is 0 Å². The highest BCUT2D eigenvalue weighted by atomic mass is 32.1. The van der Waals surface area contributed by atoms with Gasteiger partial charge in [0.05, 0.1) is 5.39 Å². The van der Waals surface area contributed by atoms with Crippen LogP contribution in [0.1, 0.15) is 50.1 Å². The Kier molecular flexibility index (Phi) is 4.96. The molecule has 1 aliphatic rings. The Bertz CT molecular complexity index is 1080. The number of aromatic nitrogens is 2. The van der Waals surface area contributed by atoms with Crippen LogP contribution in [0.3, 0.4) is 0 Å². The van der Waals surface area contributed by atoms with E-state index in [2.05, 4.69) is 23.6 Å². The summed E-state index contributed by atoms with van der Waals surface area (Å²) < 4.78 is 1.69. The summed E-state index contributed by atoms with van der Waals surface area (Å²) in [4.78, 5) is 30.2. The number of rotatable bonds is 5. The van der Waals surface area contributed by atoms with E-state index in [9.17, 15) is 9.59 Å². The number of aryl methyl sites for hydroxylation is 3. The van der Waals surface area contributed by atoms with Gasteiger partial charge in [0, 0.05) is 30.3 Å². The predicted molar refractivity (Wildman–Crippen MR) is 111 cm³/mol. The molecule has 0 saturated heterocycles. The number of hydrogen-bond donors (Lipinski definition) is 0. The van der Waals surface area contributed by atoms with E-state index in [1.54, 1.807) is 11.5 Å². The Morgan fingerprint density at radius 1 is 1.22 bits per heavy atom. The standard InChI is InChI=1S/C22H24N2O2S/c1-3-19-23-21-20(22(26)24(19)11-10-14(2)25)18(13-27-21)17-9-8-15-6-4-5-7-16(15)12-17/h8-9,12-13H,3-7,10-11H2,1-2H3. The average molecular weight is 381 g/mol. The van der Waals surface area contributed by atoms with Gasteiger partial charge in [0.25, 0.3) is 5.56 Å². The number of ketones is 1. The van der Waals surface area contributed by atoms with Crippen molar-refractivity contribution in [3.63, 3.8) is 0 Å². The summed E-state index contributed by atoms with van der Waals surface area (Å²) in [5.74, 6) is 0.844. The third-order valence-corrected chi connectivity index (χ3v) is 6.31. The molecule has 27 heavy (non-hydrogen) atoms. The van der Waals surface area contributed by atoms with Gasteiger partial charge in [-0.1, -0.05) is 25.1 Å². The monoisotopic (exact) mass is 380 g/mol. The maximum Gasteiger partial charge on any atom is 0.262 e. The molecule has 3 aromatic rings. The number of Topliss-reactive ketones (excluding diaryl/α,β-unsaturated/α-hetero) is 1. The van der Waals surface area contributed by atoms with Crippen molar-refractivity contribution >= 4 is 27.3 Å². The van der Waals surface area contributed by atoms with Crippen molar-refractivity contribution in [3.05, 3.63) is 50.9 Å². The number of carbonyl (C=O) groups is 1. The summed E-state index contributed by atoms with van der Waals surface area (Å²) in [6.45, 7) is 3.96. The molecule has 1 aliphatic carbocycles. The summed E-state index contributed by atoms with van der Waals surface area (Å²) in [7, 11) is 0. The molecule has 0 bridgehead atoms. The fraction of sp³-hybridized carbons (Fsp3) is 0.409. The van der Waals surface area contributed by atoms with Crippen LogP contribution in [0.2, 0.25) is 0 Å². The topological polar surface area (TPSA) is 52.0 Å². The first-order valence-corrected chi connectivity index (χ1v) is 10.6. The third kappa shape index (κ3) is 3.36. The van der Waals surface area contributed by atoms with Crippen LogP contribution >= 0.6 is 11.3 Å². The van der Waals surface area contributed by atoms with Gasteiger partial charge in [-0.05, 0) is 49.3 Å². The number of hydrogen-bond acceptors (Lipinski definition) is 4. The van der Waals surface area contributed by atoms with E-state index >= 15 is 0 Å². The summed E-state index contributed by atoms with van der Waals surface area (Å²) in [5.41, 5.74) is 4.90. The van der Waals surface area contributed by atoms with E-state index in [0.717, 1.165) is 34.6 Å². The first kappa shape index (κ1) is 18.1. The van der Waals surface area contributed by atoms with E-state index in [1.807, 2.05) is 6.92 Å².